The minimum absolute atomic E-state index is 0.00402. The lowest BCUT2D eigenvalue weighted by Crippen LogP contribution is -2.82. The van der Waals surface area contributed by atoms with Gasteiger partial charge in [0.2, 0.25) is 0 Å². The van der Waals surface area contributed by atoms with Crippen LogP contribution in [-0.2, 0) is 42.9 Å². The molecule has 0 aromatic heterocycles. The van der Waals surface area contributed by atoms with Crippen LogP contribution in [0.3, 0.4) is 0 Å². The first-order valence-electron chi connectivity index (χ1n) is 20.6. The molecule has 4 N–H and O–H groups in total. The quantitative estimate of drug-likeness (QED) is 0.145. The molecule has 1 heterocycles. The second-order valence-corrected chi connectivity index (χ2v) is 17.1. The predicted molar refractivity (Wildman–Crippen MR) is 215 cm³/mol. The molecule has 11 atom stereocenters. The smallest absolute Gasteiger partial charge is 0.338 e. The molecule has 1 saturated heterocycles. The van der Waals surface area contributed by atoms with Crippen molar-refractivity contribution in [1.29, 1.82) is 0 Å². The lowest BCUT2D eigenvalue weighted by atomic mass is 9.44. The largest absolute Gasteiger partial charge is 0.456 e. The Morgan fingerprint density at radius 3 is 2.07 bits per heavy atom. The SMILES string of the molecule is CCN(CC)C(=O)N[C@@H](c1ccccc1)[C@@H](O)C(=O)OC1C[C@@]2(O)[C@@H](OC(=O)c3ccccc3)[C@@H]3[C@]4(OC(C)=O)CO[C@@H]4C[C@H](O)[C@@]3(C)C(=O)[C@H](OC(C)=O)C(=C1C)C2(C)C. The zero-order valence-electron chi connectivity index (χ0n) is 35.7. The predicted octanol–water partition coefficient (Wildman–Crippen LogP) is 3.36. The summed E-state index contributed by atoms with van der Waals surface area (Å²) in [6, 6.07) is 14.3. The molecule has 2 bridgehead atoms. The van der Waals surface area contributed by atoms with Crippen molar-refractivity contribution in [3.8, 4) is 0 Å². The summed E-state index contributed by atoms with van der Waals surface area (Å²) in [7, 11) is 0. The van der Waals surface area contributed by atoms with Crippen LogP contribution in [0.2, 0.25) is 0 Å². The van der Waals surface area contributed by atoms with Crippen LogP contribution in [-0.4, -0.2) is 123 Å². The monoisotopic (exact) mass is 848 g/mol. The molecule has 16 heteroatoms. The van der Waals surface area contributed by atoms with Gasteiger partial charge in [0.15, 0.2) is 23.6 Å². The Labute approximate surface area is 354 Å². The van der Waals surface area contributed by atoms with Gasteiger partial charge in [-0.05, 0) is 56.5 Å². The molecule has 0 spiro atoms. The van der Waals surface area contributed by atoms with Crippen LogP contribution in [0.1, 0.15) is 90.2 Å². The third-order valence-corrected chi connectivity index (χ3v) is 13.5. The highest BCUT2D eigenvalue weighted by Gasteiger charge is 2.78. The normalized spacial score (nSPS) is 32.2. The van der Waals surface area contributed by atoms with E-state index in [1.807, 2.05) is 0 Å². The Morgan fingerprint density at radius 1 is 0.918 bits per heavy atom. The third kappa shape index (κ3) is 7.61. The summed E-state index contributed by atoms with van der Waals surface area (Å²) < 4.78 is 30.3. The number of hydrogen-bond donors (Lipinski definition) is 4. The van der Waals surface area contributed by atoms with E-state index in [4.69, 9.17) is 23.7 Å². The Balaban J connectivity index is 1.54. The first kappa shape index (κ1) is 45.4. The fourth-order valence-electron chi connectivity index (χ4n) is 10.1. The molecule has 4 aliphatic rings. The number of amides is 2. The van der Waals surface area contributed by atoms with Gasteiger partial charge in [0.25, 0.3) is 0 Å². The highest BCUT2D eigenvalue weighted by Crippen LogP contribution is 2.64. The van der Waals surface area contributed by atoms with Crippen molar-refractivity contribution in [1.82, 2.24) is 10.2 Å². The van der Waals surface area contributed by atoms with Crippen LogP contribution in [0.25, 0.3) is 0 Å². The van der Waals surface area contributed by atoms with Gasteiger partial charge >= 0.3 is 29.9 Å². The highest BCUT2D eigenvalue weighted by atomic mass is 16.6. The van der Waals surface area contributed by atoms with Gasteiger partial charge in [0, 0.05) is 45.2 Å². The van der Waals surface area contributed by atoms with Gasteiger partial charge in [-0.25, -0.2) is 14.4 Å². The van der Waals surface area contributed by atoms with Gasteiger partial charge in [-0.15, -0.1) is 0 Å². The first-order valence-corrected chi connectivity index (χ1v) is 20.6. The molecule has 2 saturated carbocycles. The number of urea groups is 1. The molecular weight excluding hydrogens is 792 g/mol. The van der Waals surface area contributed by atoms with Gasteiger partial charge < -0.3 is 49.2 Å². The van der Waals surface area contributed by atoms with Crippen molar-refractivity contribution in [2.75, 3.05) is 19.7 Å². The number of carbonyl (C=O) groups is 6. The number of hydrogen-bond acceptors (Lipinski definition) is 14. The number of nitrogens with zero attached hydrogens (tertiary/aromatic N) is 1. The molecule has 3 fully saturated rings. The van der Waals surface area contributed by atoms with E-state index in [-0.39, 0.29) is 29.7 Å². The molecular formula is C45H56N2O14. The highest BCUT2D eigenvalue weighted by molar-refractivity contribution is 5.95. The third-order valence-electron chi connectivity index (χ3n) is 13.5. The number of carbonyl (C=O) groups excluding carboxylic acids is 6. The van der Waals surface area contributed by atoms with Gasteiger partial charge in [-0.2, -0.15) is 0 Å². The summed E-state index contributed by atoms with van der Waals surface area (Å²) in [6.07, 6.45) is -10.4. The topological polar surface area (TPSA) is 225 Å². The number of esters is 4. The number of benzene rings is 2. The Hall–Kier alpha value is -5.16. The summed E-state index contributed by atoms with van der Waals surface area (Å²) in [4.78, 5) is 84.7. The minimum Gasteiger partial charge on any atom is -0.456 e. The van der Waals surface area contributed by atoms with Crippen molar-refractivity contribution >= 4 is 35.7 Å². The van der Waals surface area contributed by atoms with Crippen LogP contribution >= 0.6 is 0 Å². The zero-order valence-corrected chi connectivity index (χ0v) is 35.7. The van der Waals surface area contributed by atoms with E-state index in [0.29, 0.717) is 18.7 Å². The van der Waals surface area contributed by atoms with Crippen LogP contribution in [0, 0.1) is 16.7 Å². The number of ether oxygens (including phenoxy) is 5. The average molecular weight is 849 g/mol. The number of fused-ring (bicyclic) bond motifs is 5. The molecule has 2 aromatic carbocycles. The maximum absolute atomic E-state index is 15.5. The molecule has 1 unspecified atom stereocenters. The summed E-state index contributed by atoms with van der Waals surface area (Å²) in [6.45, 7) is 12.2. The molecule has 2 aromatic rings. The van der Waals surface area contributed by atoms with E-state index in [1.165, 1.54) is 30.9 Å². The Morgan fingerprint density at radius 2 is 1.52 bits per heavy atom. The molecule has 0 radical (unpaired) electrons. The number of aliphatic hydroxyl groups is 3. The van der Waals surface area contributed by atoms with Crippen LogP contribution in [0.15, 0.2) is 71.8 Å². The molecule has 61 heavy (non-hydrogen) atoms. The van der Waals surface area contributed by atoms with E-state index in [1.54, 1.807) is 76.2 Å². The lowest BCUT2D eigenvalue weighted by Gasteiger charge is -2.67. The Bertz CT molecular complexity index is 2070. The van der Waals surface area contributed by atoms with E-state index in [2.05, 4.69) is 5.32 Å². The molecule has 6 rings (SSSR count). The van der Waals surface area contributed by atoms with E-state index in [0.717, 1.165) is 13.8 Å². The number of ketones is 1. The van der Waals surface area contributed by atoms with Crippen LogP contribution in [0.4, 0.5) is 4.79 Å². The van der Waals surface area contributed by atoms with Gasteiger partial charge in [-0.1, -0.05) is 62.4 Å². The van der Waals surface area contributed by atoms with Gasteiger partial charge in [0.05, 0.1) is 35.6 Å². The van der Waals surface area contributed by atoms with Gasteiger partial charge in [-0.3, -0.25) is 14.4 Å². The van der Waals surface area contributed by atoms with Crippen molar-refractivity contribution in [2.24, 2.45) is 16.7 Å². The van der Waals surface area contributed by atoms with Crippen molar-refractivity contribution in [3.63, 3.8) is 0 Å². The number of Topliss-reactive ketones (excluding diaryl/α,β-unsaturated/α-hetero) is 1. The molecule has 330 valence electrons. The summed E-state index contributed by atoms with van der Waals surface area (Å²) in [5, 5.41) is 40.2. The van der Waals surface area contributed by atoms with Crippen molar-refractivity contribution in [2.45, 2.75) is 122 Å². The first-order chi connectivity index (χ1) is 28.7. The number of rotatable bonds is 11. The van der Waals surface area contributed by atoms with Gasteiger partial charge in [0.1, 0.15) is 23.9 Å². The van der Waals surface area contributed by atoms with E-state index >= 15 is 4.79 Å². The van der Waals surface area contributed by atoms with E-state index in [9.17, 15) is 39.3 Å². The van der Waals surface area contributed by atoms with Crippen LogP contribution in [0.5, 0.6) is 0 Å². The fraction of sp³-hybridized carbons (Fsp3) is 0.556. The zero-order chi connectivity index (χ0) is 44.8. The summed E-state index contributed by atoms with van der Waals surface area (Å²) in [5.41, 5.74) is -7.21. The molecule has 1 aliphatic heterocycles. The van der Waals surface area contributed by atoms with Crippen molar-refractivity contribution in [3.05, 3.63) is 82.9 Å². The summed E-state index contributed by atoms with van der Waals surface area (Å²) >= 11 is 0. The summed E-state index contributed by atoms with van der Waals surface area (Å²) in [5.74, 6) is -6.21. The average Bonchev–Trinajstić information content (AvgIpc) is 3.21. The molecule has 16 nitrogen and oxygen atoms in total. The van der Waals surface area contributed by atoms with Crippen LogP contribution < -0.4 is 5.32 Å². The Kier molecular flexibility index (Phi) is 12.6. The van der Waals surface area contributed by atoms with Crippen molar-refractivity contribution < 1.29 is 67.8 Å². The standard InChI is InChI=1S/C45H56N2O14/c1-9-47(10-2)41(55)46-33(27-17-13-11-14-18-27)34(51)40(54)59-29-22-45(56)38(60-39(53)28-19-15-12-16-20-28)36-43(8,30(50)21-31-44(36,23-57-31)61-26(5)49)37(52)35(58-25(4)48)32(24(29)3)42(45,6)7/h11-20,29-31,33-36,38,50-51,56H,9-10,21-23H2,1-8H3,(H,46,55)/t29?,30-,31+,33-,34+,35+,36-,38-,43+,44-,45+/m0/s1. The fourth-order valence-corrected chi connectivity index (χ4v) is 10.1. The maximum Gasteiger partial charge on any atom is 0.338 e. The number of nitrogens with one attached hydrogen (secondary N) is 1. The minimum atomic E-state index is -2.38. The molecule has 3 aliphatic carbocycles. The lowest BCUT2D eigenvalue weighted by molar-refractivity contribution is -0.346. The molecule has 2 amide bonds. The van der Waals surface area contributed by atoms with E-state index < -0.39 is 113 Å². The second kappa shape index (κ2) is 17.0. The second-order valence-electron chi connectivity index (χ2n) is 17.1. The maximum atomic E-state index is 15.5. The number of aliphatic hydroxyl groups excluding tert-OH is 2.